The molecule has 0 saturated carbocycles. The molecule has 1 aromatic heterocycles. The normalized spacial score (nSPS) is 10.9. The minimum Gasteiger partial charge on any atom is -0.335 e. The molecule has 162 valence electrons. The summed E-state index contributed by atoms with van der Waals surface area (Å²) in [6.07, 6.45) is 1.91. The van der Waals surface area contributed by atoms with Crippen LogP contribution in [-0.4, -0.2) is 33.1 Å². The molecule has 0 saturated heterocycles. The van der Waals surface area contributed by atoms with Gasteiger partial charge in [-0.05, 0) is 36.6 Å². The summed E-state index contributed by atoms with van der Waals surface area (Å²) in [7, 11) is 0. The average Bonchev–Trinajstić information content (AvgIpc) is 2.76. The minimum atomic E-state index is -0.272. The third kappa shape index (κ3) is 5.79. The zero-order chi connectivity index (χ0) is 22.4. The number of carbonyl (C=O) groups excluding carboxylic acids is 2. The molecule has 1 N–H and O–H groups in total. The van der Waals surface area contributed by atoms with Crippen molar-refractivity contribution in [1.29, 1.82) is 0 Å². The summed E-state index contributed by atoms with van der Waals surface area (Å²) in [5.41, 5.74) is 2.00. The second-order valence-corrected chi connectivity index (χ2v) is 7.90. The van der Waals surface area contributed by atoms with Gasteiger partial charge in [0.15, 0.2) is 5.78 Å². The summed E-state index contributed by atoms with van der Waals surface area (Å²) < 4.78 is 0. The smallest absolute Gasteiger partial charge is 0.258 e. The summed E-state index contributed by atoms with van der Waals surface area (Å²) in [6, 6.07) is 12.4. The molecule has 0 aliphatic rings. The molecule has 0 aliphatic carbocycles. The molecule has 1 amide bonds. The SMILES string of the molecule is CCCN(Cc1nc2cc(Cl)ccc2c(=O)[nH]1)C(=O)CCC(=O)c1ccc(CC)cc1. The van der Waals surface area contributed by atoms with Gasteiger partial charge in [-0.1, -0.05) is 49.7 Å². The highest BCUT2D eigenvalue weighted by Crippen LogP contribution is 2.16. The van der Waals surface area contributed by atoms with Crippen LogP contribution in [0, 0.1) is 0 Å². The van der Waals surface area contributed by atoms with Gasteiger partial charge in [0, 0.05) is 30.0 Å². The molecule has 0 radical (unpaired) electrons. The predicted molar refractivity (Wildman–Crippen MR) is 122 cm³/mol. The van der Waals surface area contributed by atoms with E-state index in [0.29, 0.717) is 33.9 Å². The van der Waals surface area contributed by atoms with Crippen molar-refractivity contribution in [2.75, 3.05) is 6.54 Å². The molecule has 0 atom stereocenters. The number of rotatable bonds is 9. The number of ketones is 1. The fourth-order valence-corrected chi connectivity index (χ4v) is 3.59. The quantitative estimate of drug-likeness (QED) is 0.496. The van der Waals surface area contributed by atoms with E-state index in [1.165, 1.54) is 5.56 Å². The van der Waals surface area contributed by atoms with Crippen molar-refractivity contribution in [3.63, 3.8) is 0 Å². The van der Waals surface area contributed by atoms with Crippen LogP contribution in [0.4, 0.5) is 0 Å². The molecule has 0 bridgehead atoms. The second kappa shape index (κ2) is 10.4. The van der Waals surface area contributed by atoms with Gasteiger partial charge in [-0.3, -0.25) is 14.4 Å². The van der Waals surface area contributed by atoms with Crippen molar-refractivity contribution in [1.82, 2.24) is 14.9 Å². The summed E-state index contributed by atoms with van der Waals surface area (Å²) in [4.78, 5) is 46.5. The molecule has 31 heavy (non-hydrogen) atoms. The first-order valence-corrected chi connectivity index (χ1v) is 10.9. The number of hydrogen-bond donors (Lipinski definition) is 1. The molecule has 0 fully saturated rings. The number of aryl methyl sites for hydroxylation is 1. The lowest BCUT2D eigenvalue weighted by Crippen LogP contribution is -2.33. The van der Waals surface area contributed by atoms with E-state index >= 15 is 0 Å². The van der Waals surface area contributed by atoms with E-state index in [0.717, 1.165) is 12.8 Å². The van der Waals surface area contributed by atoms with Crippen LogP contribution in [0.3, 0.4) is 0 Å². The first kappa shape index (κ1) is 22.7. The monoisotopic (exact) mass is 439 g/mol. The highest BCUT2D eigenvalue weighted by molar-refractivity contribution is 6.31. The predicted octanol–water partition coefficient (Wildman–Crippen LogP) is 4.54. The van der Waals surface area contributed by atoms with Crippen LogP contribution in [-0.2, 0) is 17.8 Å². The number of halogens is 1. The summed E-state index contributed by atoms with van der Waals surface area (Å²) in [5, 5.41) is 0.935. The van der Waals surface area contributed by atoms with E-state index in [1.54, 1.807) is 23.1 Å². The molecule has 6 nitrogen and oxygen atoms in total. The van der Waals surface area contributed by atoms with Gasteiger partial charge < -0.3 is 9.88 Å². The van der Waals surface area contributed by atoms with E-state index in [2.05, 4.69) is 16.9 Å². The number of hydrogen-bond acceptors (Lipinski definition) is 4. The maximum atomic E-state index is 12.8. The lowest BCUT2D eigenvalue weighted by molar-refractivity contribution is -0.131. The summed E-state index contributed by atoms with van der Waals surface area (Å²) in [6.45, 7) is 4.71. The van der Waals surface area contributed by atoms with Crippen LogP contribution in [0.15, 0.2) is 47.3 Å². The van der Waals surface area contributed by atoms with E-state index in [-0.39, 0.29) is 36.6 Å². The van der Waals surface area contributed by atoms with E-state index in [4.69, 9.17) is 11.6 Å². The van der Waals surface area contributed by atoms with Crippen molar-refractivity contribution in [3.8, 4) is 0 Å². The number of aromatic nitrogens is 2. The van der Waals surface area contributed by atoms with Crippen LogP contribution >= 0.6 is 11.6 Å². The average molecular weight is 440 g/mol. The Kier molecular flexibility index (Phi) is 7.58. The Hall–Kier alpha value is -2.99. The Morgan fingerprint density at radius 1 is 1.06 bits per heavy atom. The molecule has 7 heteroatoms. The lowest BCUT2D eigenvalue weighted by Gasteiger charge is -2.21. The van der Waals surface area contributed by atoms with E-state index in [1.807, 2.05) is 31.2 Å². The highest BCUT2D eigenvalue weighted by Gasteiger charge is 2.17. The number of benzene rings is 2. The Morgan fingerprint density at radius 2 is 1.81 bits per heavy atom. The van der Waals surface area contributed by atoms with Crippen molar-refractivity contribution < 1.29 is 9.59 Å². The fourth-order valence-electron chi connectivity index (χ4n) is 3.43. The molecule has 3 aromatic rings. The van der Waals surface area contributed by atoms with Crippen molar-refractivity contribution in [2.45, 2.75) is 46.1 Å². The van der Waals surface area contributed by atoms with Crippen LogP contribution < -0.4 is 5.56 Å². The summed E-state index contributed by atoms with van der Waals surface area (Å²) in [5.74, 6) is 0.191. The van der Waals surface area contributed by atoms with Crippen LogP contribution in [0.5, 0.6) is 0 Å². The van der Waals surface area contributed by atoms with Gasteiger partial charge in [0.25, 0.3) is 5.56 Å². The molecule has 0 aliphatic heterocycles. The number of nitrogens with one attached hydrogen (secondary N) is 1. The van der Waals surface area contributed by atoms with Gasteiger partial charge in [-0.25, -0.2) is 4.98 Å². The number of amides is 1. The van der Waals surface area contributed by atoms with E-state index in [9.17, 15) is 14.4 Å². The number of fused-ring (bicyclic) bond motifs is 1. The van der Waals surface area contributed by atoms with Gasteiger partial charge in [0.1, 0.15) is 5.82 Å². The topological polar surface area (TPSA) is 83.1 Å². The number of Topliss-reactive ketones (excluding diaryl/α,β-unsaturated/α-hetero) is 1. The van der Waals surface area contributed by atoms with E-state index < -0.39 is 0 Å². The van der Waals surface area contributed by atoms with Crippen LogP contribution in [0.2, 0.25) is 5.02 Å². The third-order valence-corrected chi connectivity index (χ3v) is 5.39. The number of aromatic amines is 1. The third-order valence-electron chi connectivity index (χ3n) is 5.15. The Balaban J connectivity index is 1.69. The van der Waals surface area contributed by atoms with Crippen LogP contribution in [0.25, 0.3) is 10.9 Å². The zero-order valence-electron chi connectivity index (χ0n) is 17.8. The van der Waals surface area contributed by atoms with Crippen LogP contribution in [0.1, 0.15) is 54.9 Å². The maximum absolute atomic E-state index is 12.8. The molecule has 0 spiro atoms. The van der Waals surface area contributed by atoms with Crippen molar-refractivity contribution in [3.05, 3.63) is 74.8 Å². The molecule has 1 heterocycles. The molecular weight excluding hydrogens is 414 g/mol. The first-order chi connectivity index (χ1) is 14.9. The van der Waals surface area contributed by atoms with Crippen molar-refractivity contribution >= 4 is 34.2 Å². The van der Waals surface area contributed by atoms with Gasteiger partial charge in [-0.2, -0.15) is 0 Å². The van der Waals surface area contributed by atoms with Crippen molar-refractivity contribution in [2.24, 2.45) is 0 Å². The molecule has 2 aromatic carbocycles. The van der Waals surface area contributed by atoms with Gasteiger partial charge >= 0.3 is 0 Å². The van der Waals surface area contributed by atoms with Gasteiger partial charge in [-0.15, -0.1) is 0 Å². The van der Waals surface area contributed by atoms with Gasteiger partial charge in [0.05, 0.1) is 17.4 Å². The summed E-state index contributed by atoms with van der Waals surface area (Å²) >= 11 is 6.02. The Labute approximate surface area is 186 Å². The second-order valence-electron chi connectivity index (χ2n) is 7.46. The number of nitrogens with zero attached hydrogens (tertiary/aromatic N) is 2. The Morgan fingerprint density at radius 3 is 2.48 bits per heavy atom. The molecule has 3 rings (SSSR count). The fraction of sp³-hybridized carbons (Fsp3) is 0.333. The lowest BCUT2D eigenvalue weighted by atomic mass is 10.0. The van der Waals surface area contributed by atoms with Gasteiger partial charge in [0.2, 0.25) is 5.91 Å². The largest absolute Gasteiger partial charge is 0.335 e. The maximum Gasteiger partial charge on any atom is 0.258 e. The highest BCUT2D eigenvalue weighted by atomic mass is 35.5. The first-order valence-electron chi connectivity index (χ1n) is 10.5. The number of carbonyl (C=O) groups is 2. The molecular formula is C24H26ClN3O3. The minimum absolute atomic E-state index is 0.0562. The number of H-pyrrole nitrogens is 1. The standard InChI is InChI=1S/C24H26ClN3O3/c1-3-13-28(15-22-26-20-14-18(25)9-10-19(20)24(31)27-22)23(30)12-11-21(29)17-7-5-16(4-2)6-8-17/h5-10,14H,3-4,11-13,15H2,1-2H3,(H,26,27,31). The Bertz CT molecular complexity index is 1140. The zero-order valence-corrected chi connectivity index (χ0v) is 18.5. The molecule has 0 unspecified atom stereocenters.